The van der Waals surface area contributed by atoms with E-state index in [0.29, 0.717) is 16.8 Å². The average Bonchev–Trinajstić information content (AvgIpc) is 2.43. The monoisotopic (exact) mass is 304 g/mol. The molecule has 2 rings (SSSR count). The summed E-state index contributed by atoms with van der Waals surface area (Å²) in [7, 11) is 7.16. The van der Waals surface area contributed by atoms with Gasteiger partial charge < -0.3 is 9.80 Å². The zero-order valence-corrected chi connectivity index (χ0v) is 12.7. The Labute approximate surface area is 126 Å². The average molecular weight is 304 g/mol. The number of rotatable bonds is 4. The quantitative estimate of drug-likeness (QED) is 0.637. The standard InChI is InChI=1S/C14H16N4O4/c1-15(2)9-5-7-11(17(19)20)14-12(18(21)22)8-6-10(13(9)14)16(3)4/h5-8H,1-4H3. The van der Waals surface area contributed by atoms with Crippen LogP contribution in [0.15, 0.2) is 24.3 Å². The van der Waals surface area contributed by atoms with Crippen molar-refractivity contribution in [3.05, 3.63) is 44.5 Å². The minimum Gasteiger partial charge on any atom is -0.377 e. The molecular formula is C14H16N4O4. The molecule has 22 heavy (non-hydrogen) atoms. The van der Waals surface area contributed by atoms with Crippen LogP contribution in [0, 0.1) is 20.2 Å². The van der Waals surface area contributed by atoms with Crippen LogP contribution in [-0.4, -0.2) is 38.0 Å². The van der Waals surface area contributed by atoms with Gasteiger partial charge in [0, 0.05) is 57.1 Å². The largest absolute Gasteiger partial charge is 0.377 e. The molecule has 116 valence electrons. The molecule has 0 aliphatic rings. The van der Waals surface area contributed by atoms with Gasteiger partial charge in [-0.15, -0.1) is 0 Å². The van der Waals surface area contributed by atoms with Crippen molar-refractivity contribution >= 4 is 33.5 Å². The fourth-order valence-electron chi connectivity index (χ4n) is 2.47. The van der Waals surface area contributed by atoms with Gasteiger partial charge in [-0.1, -0.05) is 0 Å². The number of nitro benzene ring substituents is 2. The lowest BCUT2D eigenvalue weighted by atomic mass is 10.0. The highest BCUT2D eigenvalue weighted by atomic mass is 16.6. The van der Waals surface area contributed by atoms with Crippen LogP contribution in [0.2, 0.25) is 0 Å². The van der Waals surface area contributed by atoms with Gasteiger partial charge in [0.2, 0.25) is 0 Å². The zero-order chi connectivity index (χ0) is 16.6. The van der Waals surface area contributed by atoms with Gasteiger partial charge in [-0.3, -0.25) is 20.2 Å². The van der Waals surface area contributed by atoms with E-state index in [1.165, 1.54) is 12.1 Å². The summed E-state index contributed by atoms with van der Waals surface area (Å²) in [6.45, 7) is 0. The van der Waals surface area contributed by atoms with Gasteiger partial charge >= 0.3 is 0 Å². The minimum atomic E-state index is -0.589. The van der Waals surface area contributed by atoms with E-state index in [0.717, 1.165) is 0 Å². The maximum atomic E-state index is 11.3. The highest BCUT2D eigenvalue weighted by molar-refractivity contribution is 6.12. The molecule has 0 heterocycles. The molecule has 0 fully saturated rings. The van der Waals surface area contributed by atoms with E-state index in [2.05, 4.69) is 0 Å². The highest BCUT2D eigenvalue weighted by Crippen LogP contribution is 2.43. The predicted molar refractivity (Wildman–Crippen MR) is 85.9 cm³/mol. The van der Waals surface area contributed by atoms with E-state index in [4.69, 9.17) is 0 Å². The van der Waals surface area contributed by atoms with Crippen LogP contribution in [0.3, 0.4) is 0 Å². The number of benzene rings is 2. The van der Waals surface area contributed by atoms with Crippen molar-refractivity contribution < 1.29 is 9.85 Å². The molecule has 0 saturated carbocycles. The van der Waals surface area contributed by atoms with Crippen LogP contribution >= 0.6 is 0 Å². The summed E-state index contributed by atoms with van der Waals surface area (Å²) >= 11 is 0. The van der Waals surface area contributed by atoms with Crippen molar-refractivity contribution in [1.29, 1.82) is 0 Å². The first kappa shape index (κ1) is 15.5. The van der Waals surface area contributed by atoms with E-state index < -0.39 is 9.85 Å². The second-order valence-corrected chi connectivity index (χ2v) is 5.26. The van der Waals surface area contributed by atoms with E-state index in [1.54, 1.807) is 50.1 Å². The van der Waals surface area contributed by atoms with Crippen LogP contribution in [0.25, 0.3) is 10.8 Å². The number of nitro groups is 2. The molecule has 0 amide bonds. The van der Waals surface area contributed by atoms with E-state index in [-0.39, 0.29) is 16.8 Å². The third kappa shape index (κ3) is 2.39. The molecular weight excluding hydrogens is 288 g/mol. The molecule has 8 heteroatoms. The summed E-state index contributed by atoms with van der Waals surface area (Å²) in [4.78, 5) is 25.0. The smallest absolute Gasteiger partial charge is 0.284 e. The van der Waals surface area contributed by atoms with Crippen molar-refractivity contribution in [2.24, 2.45) is 0 Å². The fraction of sp³-hybridized carbons (Fsp3) is 0.286. The summed E-state index contributed by atoms with van der Waals surface area (Å²) < 4.78 is 0. The van der Waals surface area contributed by atoms with Gasteiger partial charge in [0.05, 0.1) is 9.85 Å². The lowest BCUT2D eigenvalue weighted by Gasteiger charge is -2.21. The molecule has 0 bridgehead atoms. The molecule has 0 aliphatic carbocycles. The zero-order valence-electron chi connectivity index (χ0n) is 12.7. The molecule has 0 unspecified atom stereocenters. The van der Waals surface area contributed by atoms with Gasteiger partial charge in [-0.2, -0.15) is 0 Å². The van der Waals surface area contributed by atoms with Gasteiger partial charge in [0.15, 0.2) is 0 Å². The number of anilines is 2. The summed E-state index contributed by atoms with van der Waals surface area (Å²) in [5.41, 5.74) is 0.841. The first-order valence-corrected chi connectivity index (χ1v) is 6.48. The number of hydrogen-bond acceptors (Lipinski definition) is 6. The maximum absolute atomic E-state index is 11.3. The van der Waals surface area contributed by atoms with Crippen LogP contribution in [0.5, 0.6) is 0 Å². The Bertz CT molecular complexity index is 710. The summed E-state index contributed by atoms with van der Waals surface area (Å²) in [5.74, 6) is 0. The second-order valence-electron chi connectivity index (χ2n) is 5.26. The van der Waals surface area contributed by atoms with Crippen molar-refractivity contribution in [1.82, 2.24) is 0 Å². The Morgan fingerprint density at radius 1 is 0.727 bits per heavy atom. The predicted octanol–water partition coefficient (Wildman–Crippen LogP) is 2.79. The van der Waals surface area contributed by atoms with Crippen molar-refractivity contribution in [2.75, 3.05) is 38.0 Å². The number of hydrogen-bond donors (Lipinski definition) is 0. The number of nitrogens with zero attached hydrogens (tertiary/aromatic N) is 4. The first-order valence-electron chi connectivity index (χ1n) is 6.48. The van der Waals surface area contributed by atoms with Gasteiger partial charge in [-0.25, -0.2) is 0 Å². The molecule has 2 aromatic carbocycles. The normalized spacial score (nSPS) is 10.5. The molecule has 0 saturated heterocycles. The van der Waals surface area contributed by atoms with E-state index >= 15 is 0 Å². The first-order chi connectivity index (χ1) is 10.3. The number of non-ortho nitro benzene ring substituents is 2. The molecule has 0 aromatic heterocycles. The van der Waals surface area contributed by atoms with Crippen LogP contribution in [0.1, 0.15) is 0 Å². The Balaban J connectivity index is 3.10. The SMILES string of the molecule is CN(C)c1ccc([N+](=O)[O-])c2c([N+](=O)[O-])ccc(N(C)C)c12. The van der Waals surface area contributed by atoms with Crippen LogP contribution in [-0.2, 0) is 0 Å². The van der Waals surface area contributed by atoms with Crippen LogP contribution < -0.4 is 9.80 Å². The van der Waals surface area contributed by atoms with Crippen molar-refractivity contribution in [3.63, 3.8) is 0 Å². The topological polar surface area (TPSA) is 92.8 Å². The fourth-order valence-corrected chi connectivity index (χ4v) is 2.47. The van der Waals surface area contributed by atoms with Gasteiger partial charge in [0.1, 0.15) is 5.39 Å². The number of fused-ring (bicyclic) bond motifs is 1. The minimum absolute atomic E-state index is 0.0485. The molecule has 0 aliphatic heterocycles. The molecule has 0 spiro atoms. The summed E-state index contributed by atoms with van der Waals surface area (Å²) in [5, 5.41) is 23.2. The van der Waals surface area contributed by atoms with Crippen molar-refractivity contribution in [3.8, 4) is 0 Å². The Morgan fingerprint density at radius 3 is 1.36 bits per heavy atom. The third-order valence-corrected chi connectivity index (χ3v) is 3.43. The third-order valence-electron chi connectivity index (χ3n) is 3.43. The van der Waals surface area contributed by atoms with Crippen molar-refractivity contribution in [2.45, 2.75) is 0 Å². The van der Waals surface area contributed by atoms with E-state index in [1.807, 2.05) is 0 Å². The Morgan fingerprint density at radius 2 is 1.09 bits per heavy atom. The summed E-state index contributed by atoms with van der Waals surface area (Å²) in [6, 6.07) is 5.84. The Hall–Kier alpha value is -2.90. The van der Waals surface area contributed by atoms with E-state index in [9.17, 15) is 20.2 Å². The molecule has 0 radical (unpaired) electrons. The maximum Gasteiger partial charge on any atom is 0.284 e. The summed E-state index contributed by atoms with van der Waals surface area (Å²) in [6.07, 6.45) is 0. The van der Waals surface area contributed by atoms with Crippen LogP contribution in [0.4, 0.5) is 22.7 Å². The van der Waals surface area contributed by atoms with Gasteiger partial charge in [0.25, 0.3) is 11.4 Å². The molecule has 8 nitrogen and oxygen atoms in total. The molecule has 0 N–H and O–H groups in total. The highest BCUT2D eigenvalue weighted by Gasteiger charge is 2.27. The molecule has 0 atom stereocenters. The lowest BCUT2D eigenvalue weighted by Crippen LogP contribution is -2.14. The Kier molecular flexibility index (Phi) is 3.85. The lowest BCUT2D eigenvalue weighted by molar-refractivity contribution is -0.390. The second kappa shape index (κ2) is 5.47. The molecule has 2 aromatic rings. The van der Waals surface area contributed by atoms with Gasteiger partial charge in [-0.05, 0) is 12.1 Å².